The number of carbonyl (C=O) groups is 2. The highest BCUT2D eigenvalue weighted by atomic mass is 35.5. The van der Waals surface area contributed by atoms with Gasteiger partial charge >= 0.3 is 0 Å². The first kappa shape index (κ1) is 17.5. The number of rotatable bonds is 4. The quantitative estimate of drug-likeness (QED) is 0.606. The van der Waals surface area contributed by atoms with Gasteiger partial charge in [-0.15, -0.1) is 0 Å². The molecule has 6 nitrogen and oxygen atoms in total. The van der Waals surface area contributed by atoms with E-state index < -0.39 is 5.91 Å². The molecule has 0 saturated carbocycles. The molecule has 0 saturated heterocycles. The van der Waals surface area contributed by atoms with Gasteiger partial charge in [-0.1, -0.05) is 12.2 Å². The molecule has 2 rings (SSSR count). The summed E-state index contributed by atoms with van der Waals surface area (Å²) < 4.78 is 4.59. The van der Waals surface area contributed by atoms with Crippen LogP contribution in [0.25, 0.3) is 0 Å². The summed E-state index contributed by atoms with van der Waals surface area (Å²) in [6.45, 7) is 4.91. The molecule has 0 radical (unpaired) electrons. The Morgan fingerprint density at radius 1 is 1.33 bits per heavy atom. The van der Waals surface area contributed by atoms with Gasteiger partial charge in [0.05, 0.1) is 0 Å². The Morgan fingerprint density at radius 2 is 2.12 bits per heavy atom. The third-order valence-corrected chi connectivity index (χ3v) is 3.56. The standard InChI is InChI=1S/C17H16ClN3O3/c1-11(13-8-9-20-15(10-13)24-18)16(22)21-14-5-3-4-12(6-7-14)17(23)19-2/h4-10,20H,2-3H2,1H3,(H,21,22). The number of hydrogen-bond donors (Lipinski definition) is 2. The molecule has 0 fully saturated rings. The molecular weight excluding hydrogens is 330 g/mol. The van der Waals surface area contributed by atoms with E-state index in [1.165, 1.54) is 0 Å². The number of hydrogen-bond acceptors (Lipinski definition) is 4. The minimum atomic E-state index is -0.399. The van der Waals surface area contributed by atoms with Crippen LogP contribution in [0.3, 0.4) is 0 Å². The van der Waals surface area contributed by atoms with E-state index in [-0.39, 0.29) is 5.91 Å². The smallest absolute Gasteiger partial charge is 0.276 e. The molecule has 1 aliphatic heterocycles. The molecule has 0 aromatic heterocycles. The number of nitrogens with one attached hydrogen (secondary N) is 2. The third-order valence-electron chi connectivity index (χ3n) is 3.40. The van der Waals surface area contributed by atoms with Crippen molar-refractivity contribution in [2.45, 2.75) is 13.3 Å². The summed E-state index contributed by atoms with van der Waals surface area (Å²) in [4.78, 5) is 27.3. The summed E-state index contributed by atoms with van der Waals surface area (Å²) in [5.41, 5.74) is 2.20. The van der Waals surface area contributed by atoms with Gasteiger partial charge in [0.2, 0.25) is 5.88 Å². The second-order valence-corrected chi connectivity index (χ2v) is 5.10. The van der Waals surface area contributed by atoms with Crippen LogP contribution >= 0.6 is 11.9 Å². The Labute approximate surface area is 144 Å². The molecule has 1 aliphatic carbocycles. The van der Waals surface area contributed by atoms with Crippen molar-refractivity contribution in [1.82, 2.24) is 10.6 Å². The fourth-order valence-electron chi connectivity index (χ4n) is 2.05. The molecule has 0 spiro atoms. The van der Waals surface area contributed by atoms with Gasteiger partial charge < -0.3 is 14.9 Å². The average Bonchev–Trinajstić information content (AvgIpc) is 2.86. The van der Waals surface area contributed by atoms with E-state index in [4.69, 9.17) is 11.9 Å². The van der Waals surface area contributed by atoms with Crippen LogP contribution in [0.15, 0.2) is 75.9 Å². The van der Waals surface area contributed by atoms with Crippen LogP contribution in [0.4, 0.5) is 0 Å². The molecule has 24 heavy (non-hydrogen) atoms. The van der Waals surface area contributed by atoms with E-state index in [0.29, 0.717) is 34.7 Å². The van der Waals surface area contributed by atoms with Crippen molar-refractivity contribution in [3.8, 4) is 0 Å². The van der Waals surface area contributed by atoms with Crippen molar-refractivity contribution in [2.75, 3.05) is 0 Å². The van der Waals surface area contributed by atoms with Crippen LogP contribution in [0.5, 0.6) is 0 Å². The van der Waals surface area contributed by atoms with Gasteiger partial charge in [0.25, 0.3) is 11.8 Å². The van der Waals surface area contributed by atoms with E-state index in [1.807, 2.05) is 0 Å². The van der Waals surface area contributed by atoms with Gasteiger partial charge in [0, 0.05) is 29.1 Å². The Balaban J connectivity index is 2.10. The summed E-state index contributed by atoms with van der Waals surface area (Å²) in [6, 6.07) is 0. The molecule has 2 amide bonds. The predicted octanol–water partition coefficient (Wildman–Crippen LogP) is 2.55. The van der Waals surface area contributed by atoms with Gasteiger partial charge in [0.15, 0.2) is 0 Å². The highest BCUT2D eigenvalue weighted by Gasteiger charge is 2.13. The van der Waals surface area contributed by atoms with Gasteiger partial charge in [0.1, 0.15) is 11.9 Å². The van der Waals surface area contributed by atoms with Gasteiger partial charge in [-0.2, -0.15) is 0 Å². The first-order valence-electron chi connectivity index (χ1n) is 7.10. The summed E-state index contributed by atoms with van der Waals surface area (Å²) in [7, 11) is 0. The van der Waals surface area contributed by atoms with Crippen LogP contribution in [0.1, 0.15) is 13.3 Å². The average molecular weight is 346 g/mol. The summed E-state index contributed by atoms with van der Waals surface area (Å²) in [5.74, 6) is -0.336. The minimum Gasteiger partial charge on any atom is -0.367 e. The summed E-state index contributed by atoms with van der Waals surface area (Å²) in [6.07, 6.45) is 12.3. The second kappa shape index (κ2) is 8.12. The van der Waals surface area contributed by atoms with Crippen molar-refractivity contribution in [3.05, 3.63) is 71.0 Å². The second-order valence-electron chi connectivity index (χ2n) is 4.95. The molecule has 0 unspecified atom stereocenters. The predicted molar refractivity (Wildman–Crippen MR) is 92.6 cm³/mol. The number of aliphatic imine (C=N–C) groups is 1. The molecule has 0 atom stereocenters. The van der Waals surface area contributed by atoms with Gasteiger partial charge in [-0.3, -0.25) is 9.59 Å². The highest BCUT2D eigenvalue weighted by molar-refractivity contribution is 6.08. The van der Waals surface area contributed by atoms with Crippen LogP contribution in [-0.4, -0.2) is 18.5 Å². The fraction of sp³-hybridized carbons (Fsp3) is 0.118. The Bertz CT molecular complexity index is 755. The van der Waals surface area contributed by atoms with E-state index in [1.54, 1.807) is 49.6 Å². The van der Waals surface area contributed by atoms with Crippen molar-refractivity contribution in [1.29, 1.82) is 0 Å². The first-order valence-corrected chi connectivity index (χ1v) is 7.41. The molecule has 1 heterocycles. The monoisotopic (exact) mass is 345 g/mol. The highest BCUT2D eigenvalue weighted by Crippen LogP contribution is 2.16. The number of nitrogens with zero attached hydrogens (tertiary/aromatic N) is 1. The molecular formula is C17H16ClN3O3. The Kier molecular flexibility index (Phi) is 5.92. The van der Waals surface area contributed by atoms with Crippen LogP contribution < -0.4 is 10.6 Å². The van der Waals surface area contributed by atoms with Gasteiger partial charge in [-0.05, 0) is 43.9 Å². The van der Waals surface area contributed by atoms with E-state index in [0.717, 1.165) is 0 Å². The lowest BCUT2D eigenvalue weighted by Crippen LogP contribution is -2.24. The molecule has 0 aromatic carbocycles. The zero-order chi connectivity index (χ0) is 17.5. The number of amides is 2. The lowest BCUT2D eigenvalue weighted by atomic mass is 10.1. The zero-order valence-electron chi connectivity index (χ0n) is 13.0. The van der Waals surface area contributed by atoms with Crippen LogP contribution in [-0.2, 0) is 13.9 Å². The first-order chi connectivity index (χ1) is 11.5. The van der Waals surface area contributed by atoms with Crippen LogP contribution in [0, 0.1) is 0 Å². The molecule has 0 bridgehead atoms. The summed E-state index contributed by atoms with van der Waals surface area (Å²) >= 11 is 5.30. The summed E-state index contributed by atoms with van der Waals surface area (Å²) in [5, 5.41) is 5.58. The third kappa shape index (κ3) is 4.33. The molecule has 2 N–H and O–H groups in total. The number of allylic oxidation sites excluding steroid dienone is 6. The molecule has 0 aromatic rings. The molecule has 124 valence electrons. The Hall–Kier alpha value is -2.86. The number of dihydropyridines is 1. The van der Waals surface area contributed by atoms with Crippen molar-refractivity contribution in [3.63, 3.8) is 0 Å². The topological polar surface area (TPSA) is 79.8 Å². The zero-order valence-corrected chi connectivity index (χ0v) is 13.8. The van der Waals surface area contributed by atoms with Crippen molar-refractivity contribution < 1.29 is 13.9 Å². The normalized spacial score (nSPS) is 18.3. The van der Waals surface area contributed by atoms with Crippen LogP contribution in [0.2, 0.25) is 0 Å². The molecule has 2 aliphatic rings. The lowest BCUT2D eigenvalue weighted by molar-refractivity contribution is -0.116. The van der Waals surface area contributed by atoms with E-state index in [9.17, 15) is 9.59 Å². The number of carbonyl (C=O) groups excluding carboxylic acids is 2. The maximum absolute atomic E-state index is 12.4. The van der Waals surface area contributed by atoms with Gasteiger partial charge in [-0.25, -0.2) is 4.99 Å². The maximum Gasteiger partial charge on any atom is 0.276 e. The Morgan fingerprint density at radius 3 is 2.83 bits per heavy atom. The SMILES string of the molecule is C=NC(=O)C1=CCC=C(NC(=O)C(C)=C2C=CNC(OCl)=C2)C=C1. The van der Waals surface area contributed by atoms with Crippen molar-refractivity contribution >= 4 is 30.4 Å². The largest absolute Gasteiger partial charge is 0.367 e. The minimum absolute atomic E-state index is 0.269. The molecule has 7 heteroatoms. The van der Waals surface area contributed by atoms with E-state index in [2.05, 4.69) is 26.6 Å². The van der Waals surface area contributed by atoms with Crippen molar-refractivity contribution in [2.24, 2.45) is 4.99 Å². The van der Waals surface area contributed by atoms with E-state index >= 15 is 0 Å². The lowest BCUT2D eigenvalue weighted by Gasteiger charge is -2.12. The maximum atomic E-state index is 12.4. The fourth-order valence-corrected chi connectivity index (χ4v) is 2.14. The number of halogens is 1.